The third kappa shape index (κ3) is 2.54. The Morgan fingerprint density at radius 1 is 1.37 bits per heavy atom. The Kier molecular flexibility index (Phi) is 4.23. The second-order valence-corrected chi connectivity index (χ2v) is 7.56. The SMILES string of the molecule is CN(C)S(=O)(=O)c1cc2c(c(Cl)c1Cl)OC(CCl)C2. The van der Waals surface area contributed by atoms with Gasteiger partial charge in [0.1, 0.15) is 21.8 Å². The van der Waals surface area contributed by atoms with Gasteiger partial charge < -0.3 is 4.74 Å². The van der Waals surface area contributed by atoms with E-state index in [1.165, 1.54) is 20.2 Å². The van der Waals surface area contributed by atoms with E-state index in [1.54, 1.807) is 0 Å². The van der Waals surface area contributed by atoms with Crippen LogP contribution >= 0.6 is 34.8 Å². The van der Waals surface area contributed by atoms with Crippen molar-refractivity contribution >= 4 is 44.8 Å². The average Bonchev–Trinajstić information content (AvgIpc) is 2.76. The molecule has 1 unspecified atom stereocenters. The lowest BCUT2D eigenvalue weighted by molar-refractivity contribution is 0.258. The maximum absolute atomic E-state index is 12.2. The molecular formula is C11H12Cl3NO3S. The molecule has 0 saturated heterocycles. The number of alkyl halides is 1. The van der Waals surface area contributed by atoms with Crippen molar-refractivity contribution < 1.29 is 13.2 Å². The summed E-state index contributed by atoms with van der Waals surface area (Å²) in [5.74, 6) is 0.730. The van der Waals surface area contributed by atoms with Gasteiger partial charge in [0.15, 0.2) is 0 Å². The van der Waals surface area contributed by atoms with Crippen molar-refractivity contribution in [3.05, 3.63) is 21.7 Å². The maximum Gasteiger partial charge on any atom is 0.244 e. The summed E-state index contributed by atoms with van der Waals surface area (Å²) in [5, 5.41) is 0.0940. The van der Waals surface area contributed by atoms with Crippen LogP contribution in [0.15, 0.2) is 11.0 Å². The highest BCUT2D eigenvalue weighted by molar-refractivity contribution is 7.89. The lowest BCUT2D eigenvalue weighted by Gasteiger charge is -2.15. The van der Waals surface area contributed by atoms with Crippen molar-refractivity contribution in [3.8, 4) is 5.75 Å². The van der Waals surface area contributed by atoms with Crippen molar-refractivity contribution in [2.75, 3.05) is 20.0 Å². The van der Waals surface area contributed by atoms with Gasteiger partial charge in [0, 0.05) is 26.1 Å². The number of fused-ring (bicyclic) bond motifs is 1. The topological polar surface area (TPSA) is 46.6 Å². The summed E-state index contributed by atoms with van der Waals surface area (Å²) < 4.78 is 31.0. The molecule has 0 radical (unpaired) electrons. The third-order valence-electron chi connectivity index (χ3n) is 2.87. The molecule has 1 heterocycles. The molecule has 1 atom stereocenters. The molecule has 1 aromatic carbocycles. The Hall–Kier alpha value is -0.200. The molecule has 106 valence electrons. The monoisotopic (exact) mass is 343 g/mol. The molecule has 2 rings (SSSR count). The first-order chi connectivity index (χ1) is 8.78. The van der Waals surface area contributed by atoms with E-state index in [9.17, 15) is 8.42 Å². The second kappa shape index (κ2) is 5.30. The van der Waals surface area contributed by atoms with E-state index in [0.29, 0.717) is 23.6 Å². The first-order valence-electron chi connectivity index (χ1n) is 5.45. The number of rotatable bonds is 3. The molecule has 4 nitrogen and oxygen atoms in total. The predicted octanol–water partition coefficient (Wildman–Crippen LogP) is 2.79. The summed E-state index contributed by atoms with van der Waals surface area (Å²) in [6.07, 6.45) is 0.314. The minimum absolute atomic E-state index is 0.0123. The summed E-state index contributed by atoms with van der Waals surface area (Å²) in [6, 6.07) is 1.51. The van der Waals surface area contributed by atoms with Gasteiger partial charge >= 0.3 is 0 Å². The molecule has 0 amide bonds. The van der Waals surface area contributed by atoms with Crippen LogP contribution in [0.4, 0.5) is 0 Å². The Morgan fingerprint density at radius 3 is 2.53 bits per heavy atom. The number of benzene rings is 1. The number of sulfonamides is 1. The van der Waals surface area contributed by atoms with E-state index in [1.807, 2.05) is 0 Å². The van der Waals surface area contributed by atoms with E-state index in [0.717, 1.165) is 4.31 Å². The Labute approximate surface area is 127 Å². The summed E-state index contributed by atoms with van der Waals surface area (Å²) >= 11 is 17.9. The number of ether oxygens (including phenoxy) is 1. The summed E-state index contributed by atoms with van der Waals surface area (Å²) in [4.78, 5) is -0.0123. The van der Waals surface area contributed by atoms with Gasteiger partial charge in [-0.15, -0.1) is 11.6 Å². The van der Waals surface area contributed by atoms with Crippen molar-refractivity contribution in [3.63, 3.8) is 0 Å². The van der Waals surface area contributed by atoms with Crippen LogP contribution in [0, 0.1) is 0 Å². The Morgan fingerprint density at radius 2 is 2.00 bits per heavy atom. The smallest absolute Gasteiger partial charge is 0.244 e. The number of halogens is 3. The van der Waals surface area contributed by atoms with Crippen molar-refractivity contribution in [1.29, 1.82) is 0 Å². The quantitative estimate of drug-likeness (QED) is 0.792. The molecule has 1 aromatic rings. The molecule has 1 aliphatic rings. The van der Waals surface area contributed by atoms with Crippen LogP contribution < -0.4 is 4.74 Å². The minimum atomic E-state index is -3.65. The van der Waals surface area contributed by atoms with Crippen LogP contribution in [0.2, 0.25) is 10.0 Å². The molecule has 1 aliphatic heterocycles. The molecule has 8 heteroatoms. The zero-order chi connectivity index (χ0) is 14.4. The Bertz CT molecular complexity index is 616. The molecule has 0 spiro atoms. The van der Waals surface area contributed by atoms with Gasteiger partial charge in [-0.1, -0.05) is 23.2 Å². The van der Waals surface area contributed by atoms with Crippen LogP contribution in [0.5, 0.6) is 5.75 Å². The van der Waals surface area contributed by atoms with Gasteiger partial charge in [-0.2, -0.15) is 0 Å². The zero-order valence-electron chi connectivity index (χ0n) is 10.3. The molecule has 0 saturated carbocycles. The van der Waals surface area contributed by atoms with Crippen LogP contribution in [-0.4, -0.2) is 38.8 Å². The molecule has 0 aromatic heterocycles. The highest BCUT2D eigenvalue weighted by atomic mass is 35.5. The summed E-state index contributed by atoms with van der Waals surface area (Å²) in [6.45, 7) is 0. The van der Waals surface area contributed by atoms with E-state index in [2.05, 4.69) is 0 Å². The standard InChI is InChI=1S/C11H12Cl3NO3S/c1-15(2)19(16,17)8-4-6-3-7(5-12)18-11(6)10(14)9(8)13/h4,7H,3,5H2,1-2H3. The molecule has 0 aliphatic carbocycles. The summed E-state index contributed by atoms with van der Waals surface area (Å²) in [7, 11) is -0.777. The van der Waals surface area contributed by atoms with Gasteiger partial charge in [-0.25, -0.2) is 12.7 Å². The van der Waals surface area contributed by atoms with Gasteiger partial charge in [-0.05, 0) is 6.07 Å². The van der Waals surface area contributed by atoms with Crippen molar-refractivity contribution in [1.82, 2.24) is 4.31 Å². The van der Waals surface area contributed by atoms with E-state index < -0.39 is 10.0 Å². The fourth-order valence-electron chi connectivity index (χ4n) is 1.84. The lowest BCUT2D eigenvalue weighted by Crippen LogP contribution is -2.22. The van der Waals surface area contributed by atoms with E-state index in [-0.39, 0.29) is 21.0 Å². The lowest BCUT2D eigenvalue weighted by atomic mass is 10.1. The number of hydrogen-bond donors (Lipinski definition) is 0. The molecular weight excluding hydrogens is 333 g/mol. The fraction of sp³-hybridized carbons (Fsp3) is 0.455. The predicted molar refractivity (Wildman–Crippen MR) is 76.2 cm³/mol. The van der Waals surface area contributed by atoms with Gasteiger partial charge in [0.25, 0.3) is 0 Å². The van der Waals surface area contributed by atoms with Crippen LogP contribution in [-0.2, 0) is 16.4 Å². The van der Waals surface area contributed by atoms with Crippen molar-refractivity contribution in [2.24, 2.45) is 0 Å². The minimum Gasteiger partial charge on any atom is -0.487 e. The van der Waals surface area contributed by atoms with Crippen LogP contribution in [0.25, 0.3) is 0 Å². The third-order valence-corrected chi connectivity index (χ3v) is 6.01. The summed E-state index contributed by atoms with van der Waals surface area (Å²) in [5.41, 5.74) is 0.709. The number of hydrogen-bond acceptors (Lipinski definition) is 3. The van der Waals surface area contributed by atoms with Crippen molar-refractivity contribution in [2.45, 2.75) is 17.4 Å². The second-order valence-electron chi connectivity index (χ2n) is 4.38. The van der Waals surface area contributed by atoms with Crippen LogP contribution in [0.3, 0.4) is 0 Å². The molecule has 0 bridgehead atoms. The normalized spacial score (nSPS) is 18.5. The Balaban J connectivity index is 2.60. The first kappa shape index (κ1) is 15.2. The molecule has 19 heavy (non-hydrogen) atoms. The maximum atomic E-state index is 12.2. The van der Waals surface area contributed by atoms with Gasteiger partial charge in [0.2, 0.25) is 10.0 Å². The van der Waals surface area contributed by atoms with E-state index in [4.69, 9.17) is 39.5 Å². The molecule has 0 fully saturated rings. The zero-order valence-corrected chi connectivity index (χ0v) is 13.4. The van der Waals surface area contributed by atoms with Gasteiger partial charge in [0.05, 0.1) is 10.9 Å². The van der Waals surface area contributed by atoms with E-state index >= 15 is 0 Å². The highest BCUT2D eigenvalue weighted by Crippen LogP contribution is 2.44. The first-order valence-corrected chi connectivity index (χ1v) is 8.18. The highest BCUT2D eigenvalue weighted by Gasteiger charge is 2.31. The molecule has 0 N–H and O–H groups in total. The number of nitrogens with zero attached hydrogens (tertiary/aromatic N) is 1. The fourth-order valence-corrected chi connectivity index (χ4v) is 3.78. The largest absolute Gasteiger partial charge is 0.487 e. The average molecular weight is 345 g/mol. The van der Waals surface area contributed by atoms with Crippen LogP contribution in [0.1, 0.15) is 5.56 Å². The van der Waals surface area contributed by atoms with Gasteiger partial charge in [-0.3, -0.25) is 0 Å².